The molecule has 0 aromatic heterocycles. The molecule has 1 aliphatic heterocycles. The van der Waals surface area contributed by atoms with Crippen molar-refractivity contribution < 1.29 is 13.5 Å². The molecular formula is C12H25N3O3S. The molecule has 0 bridgehead atoms. The molecular weight excluding hydrogens is 266 g/mol. The summed E-state index contributed by atoms with van der Waals surface area (Å²) in [6, 6.07) is 0.460. The van der Waals surface area contributed by atoms with Gasteiger partial charge in [-0.15, -0.1) is 0 Å². The van der Waals surface area contributed by atoms with E-state index in [2.05, 4.69) is 10.2 Å². The summed E-state index contributed by atoms with van der Waals surface area (Å²) in [6.45, 7) is 2.93. The van der Waals surface area contributed by atoms with E-state index in [9.17, 15) is 13.5 Å². The van der Waals surface area contributed by atoms with Gasteiger partial charge in [0.05, 0.1) is 12.9 Å². The zero-order chi connectivity index (χ0) is 14.1. The predicted molar refractivity (Wildman–Crippen MR) is 74.5 cm³/mol. The lowest BCUT2D eigenvalue weighted by Gasteiger charge is -2.37. The first-order chi connectivity index (χ1) is 8.90. The van der Waals surface area contributed by atoms with Crippen molar-refractivity contribution in [2.75, 3.05) is 46.1 Å². The molecule has 2 aliphatic rings. The fourth-order valence-electron chi connectivity index (χ4n) is 3.26. The van der Waals surface area contributed by atoms with E-state index < -0.39 is 10.0 Å². The Morgan fingerprint density at radius 2 is 1.95 bits per heavy atom. The van der Waals surface area contributed by atoms with Gasteiger partial charge in [0.1, 0.15) is 0 Å². The molecule has 7 heteroatoms. The molecule has 6 nitrogen and oxygen atoms in total. The SMILES string of the molecule is CNC1(CO)CCC(N2CCN(S(C)(=O)=O)CC2)C1. The van der Waals surface area contributed by atoms with Crippen molar-refractivity contribution in [1.29, 1.82) is 0 Å². The minimum atomic E-state index is -3.05. The maximum atomic E-state index is 11.5. The van der Waals surface area contributed by atoms with E-state index in [1.165, 1.54) is 6.26 Å². The zero-order valence-electron chi connectivity index (χ0n) is 11.8. The van der Waals surface area contributed by atoms with Gasteiger partial charge in [0, 0.05) is 37.8 Å². The molecule has 2 N–H and O–H groups in total. The van der Waals surface area contributed by atoms with Crippen LogP contribution in [0.5, 0.6) is 0 Å². The minimum Gasteiger partial charge on any atom is -0.394 e. The number of rotatable bonds is 4. The van der Waals surface area contributed by atoms with Crippen LogP contribution < -0.4 is 5.32 Å². The largest absolute Gasteiger partial charge is 0.394 e. The molecule has 112 valence electrons. The number of aliphatic hydroxyl groups excluding tert-OH is 1. The third-order valence-corrected chi connectivity index (χ3v) is 5.98. The average molecular weight is 291 g/mol. The molecule has 1 saturated carbocycles. The number of nitrogens with zero attached hydrogens (tertiary/aromatic N) is 2. The van der Waals surface area contributed by atoms with Crippen molar-refractivity contribution in [2.24, 2.45) is 0 Å². The number of sulfonamides is 1. The van der Waals surface area contributed by atoms with E-state index in [1.807, 2.05) is 7.05 Å². The first-order valence-electron chi connectivity index (χ1n) is 6.89. The molecule has 2 fully saturated rings. The molecule has 2 unspecified atom stereocenters. The second-order valence-corrected chi connectivity index (χ2v) is 7.77. The van der Waals surface area contributed by atoms with Crippen molar-refractivity contribution in [3.8, 4) is 0 Å². The Balaban J connectivity index is 1.90. The normalized spacial score (nSPS) is 34.8. The summed E-state index contributed by atoms with van der Waals surface area (Å²) < 4.78 is 24.5. The Kier molecular flexibility index (Phi) is 4.52. The molecule has 0 aromatic rings. The fraction of sp³-hybridized carbons (Fsp3) is 1.00. The van der Waals surface area contributed by atoms with Crippen LogP contribution in [-0.2, 0) is 10.0 Å². The molecule has 0 radical (unpaired) electrons. The van der Waals surface area contributed by atoms with Crippen LogP contribution in [0.4, 0.5) is 0 Å². The topological polar surface area (TPSA) is 72.9 Å². The Hall–Kier alpha value is -0.210. The highest BCUT2D eigenvalue weighted by Crippen LogP contribution is 2.33. The highest BCUT2D eigenvalue weighted by molar-refractivity contribution is 7.88. The number of nitrogens with one attached hydrogen (secondary N) is 1. The Morgan fingerprint density at radius 3 is 2.37 bits per heavy atom. The van der Waals surface area contributed by atoms with Crippen LogP contribution in [0.2, 0.25) is 0 Å². The van der Waals surface area contributed by atoms with Crippen molar-refractivity contribution in [1.82, 2.24) is 14.5 Å². The number of hydrogen-bond donors (Lipinski definition) is 2. The van der Waals surface area contributed by atoms with Gasteiger partial charge in [0.25, 0.3) is 0 Å². The number of piperazine rings is 1. The van der Waals surface area contributed by atoms with E-state index >= 15 is 0 Å². The van der Waals surface area contributed by atoms with Crippen LogP contribution >= 0.6 is 0 Å². The number of likely N-dealkylation sites (N-methyl/N-ethyl adjacent to an activating group) is 1. The van der Waals surface area contributed by atoms with Crippen molar-refractivity contribution in [3.05, 3.63) is 0 Å². The predicted octanol–water partition coefficient (Wildman–Crippen LogP) is -0.933. The van der Waals surface area contributed by atoms with Gasteiger partial charge in [-0.05, 0) is 26.3 Å². The molecule has 1 saturated heterocycles. The highest BCUT2D eigenvalue weighted by Gasteiger charge is 2.40. The van der Waals surface area contributed by atoms with E-state index in [-0.39, 0.29) is 12.1 Å². The lowest BCUT2D eigenvalue weighted by atomic mass is 9.99. The summed E-state index contributed by atoms with van der Waals surface area (Å²) in [5.74, 6) is 0. The van der Waals surface area contributed by atoms with Gasteiger partial charge >= 0.3 is 0 Å². The minimum absolute atomic E-state index is 0.140. The van der Waals surface area contributed by atoms with Crippen molar-refractivity contribution in [3.63, 3.8) is 0 Å². The highest BCUT2D eigenvalue weighted by atomic mass is 32.2. The van der Waals surface area contributed by atoms with Gasteiger partial charge in [-0.1, -0.05) is 0 Å². The maximum Gasteiger partial charge on any atom is 0.211 e. The van der Waals surface area contributed by atoms with Gasteiger partial charge in [-0.3, -0.25) is 4.90 Å². The summed E-state index contributed by atoms with van der Waals surface area (Å²) in [5.41, 5.74) is -0.140. The zero-order valence-corrected chi connectivity index (χ0v) is 12.6. The summed E-state index contributed by atoms with van der Waals surface area (Å²) in [6.07, 6.45) is 4.27. The van der Waals surface area contributed by atoms with Gasteiger partial charge < -0.3 is 10.4 Å². The number of aliphatic hydroxyl groups is 1. The molecule has 0 amide bonds. The number of hydrogen-bond acceptors (Lipinski definition) is 5. The van der Waals surface area contributed by atoms with Gasteiger partial charge in [-0.25, -0.2) is 8.42 Å². The lowest BCUT2D eigenvalue weighted by Crippen LogP contribution is -2.52. The third-order valence-electron chi connectivity index (χ3n) is 4.67. The molecule has 2 atom stereocenters. The van der Waals surface area contributed by atoms with Crippen LogP contribution in [0.25, 0.3) is 0 Å². The van der Waals surface area contributed by atoms with Crippen molar-refractivity contribution >= 4 is 10.0 Å². The van der Waals surface area contributed by atoms with Crippen LogP contribution in [0.15, 0.2) is 0 Å². The van der Waals surface area contributed by atoms with E-state index in [1.54, 1.807) is 4.31 Å². The van der Waals surface area contributed by atoms with Crippen LogP contribution in [-0.4, -0.2) is 80.4 Å². The third kappa shape index (κ3) is 3.28. The van der Waals surface area contributed by atoms with Gasteiger partial charge in [0.15, 0.2) is 0 Å². The fourth-order valence-corrected chi connectivity index (χ4v) is 4.09. The van der Waals surface area contributed by atoms with Crippen LogP contribution in [0.1, 0.15) is 19.3 Å². The Bertz CT molecular complexity index is 400. The van der Waals surface area contributed by atoms with Crippen LogP contribution in [0, 0.1) is 0 Å². The average Bonchev–Trinajstić information content (AvgIpc) is 2.83. The van der Waals surface area contributed by atoms with Crippen LogP contribution in [0.3, 0.4) is 0 Å². The monoisotopic (exact) mass is 291 g/mol. The standard InChI is InChI=1S/C12H25N3O3S/c1-13-12(10-16)4-3-11(9-12)14-5-7-15(8-6-14)19(2,17)18/h11,13,16H,3-10H2,1-2H3. The first kappa shape index (κ1) is 15.2. The summed E-state index contributed by atoms with van der Waals surface area (Å²) in [5, 5.41) is 12.8. The second-order valence-electron chi connectivity index (χ2n) is 5.78. The first-order valence-corrected chi connectivity index (χ1v) is 8.74. The van der Waals surface area contributed by atoms with E-state index in [0.717, 1.165) is 32.4 Å². The molecule has 19 heavy (non-hydrogen) atoms. The summed E-state index contributed by atoms with van der Waals surface area (Å²) in [7, 11) is -1.15. The Labute approximate surface area is 115 Å². The molecule has 2 rings (SSSR count). The molecule has 0 spiro atoms. The Morgan fingerprint density at radius 1 is 1.32 bits per heavy atom. The maximum absolute atomic E-state index is 11.5. The second kappa shape index (κ2) is 5.65. The molecule has 0 aromatic carbocycles. The van der Waals surface area contributed by atoms with E-state index in [4.69, 9.17) is 0 Å². The van der Waals surface area contributed by atoms with E-state index in [0.29, 0.717) is 19.1 Å². The summed E-state index contributed by atoms with van der Waals surface area (Å²) >= 11 is 0. The molecule has 1 heterocycles. The van der Waals surface area contributed by atoms with Gasteiger partial charge in [-0.2, -0.15) is 4.31 Å². The summed E-state index contributed by atoms with van der Waals surface area (Å²) in [4.78, 5) is 2.37. The lowest BCUT2D eigenvalue weighted by molar-refractivity contribution is 0.120. The van der Waals surface area contributed by atoms with Gasteiger partial charge in [0.2, 0.25) is 10.0 Å². The molecule has 1 aliphatic carbocycles. The van der Waals surface area contributed by atoms with Crippen molar-refractivity contribution in [2.45, 2.75) is 30.8 Å². The smallest absolute Gasteiger partial charge is 0.211 e. The quantitative estimate of drug-likeness (QED) is 0.700.